The number of nitrogens with two attached hydrogens (primary N) is 1. The van der Waals surface area contributed by atoms with Gasteiger partial charge in [0.15, 0.2) is 11.5 Å². The van der Waals surface area contributed by atoms with Gasteiger partial charge in [0.25, 0.3) is 0 Å². The Morgan fingerprint density at radius 2 is 1.82 bits per heavy atom. The predicted molar refractivity (Wildman–Crippen MR) is 64.2 cm³/mol. The monoisotopic (exact) mass is 241 g/mol. The van der Waals surface area contributed by atoms with Crippen LogP contribution in [0.2, 0.25) is 0 Å². The third kappa shape index (κ3) is 3.25. The molecule has 96 valence electrons. The molecule has 0 saturated heterocycles. The van der Waals surface area contributed by atoms with E-state index in [-0.39, 0.29) is 17.2 Å². The van der Waals surface area contributed by atoms with E-state index in [0.717, 1.165) is 6.42 Å². The van der Waals surface area contributed by atoms with Crippen molar-refractivity contribution in [3.05, 3.63) is 17.7 Å². The van der Waals surface area contributed by atoms with Gasteiger partial charge in [-0.2, -0.15) is 0 Å². The summed E-state index contributed by atoms with van der Waals surface area (Å²) in [6, 6.07) is 2.20. The molecule has 0 heterocycles. The highest BCUT2D eigenvalue weighted by Gasteiger charge is 2.18. The molecule has 5 nitrogen and oxygen atoms in total. The highest BCUT2D eigenvalue weighted by Crippen LogP contribution is 2.38. The van der Waals surface area contributed by atoms with Gasteiger partial charge >= 0.3 is 0 Å². The van der Waals surface area contributed by atoms with Gasteiger partial charge in [0, 0.05) is 6.04 Å². The molecule has 0 aliphatic rings. The molecule has 17 heavy (non-hydrogen) atoms. The molecule has 0 aromatic heterocycles. The van der Waals surface area contributed by atoms with Gasteiger partial charge in [-0.3, -0.25) is 0 Å². The van der Waals surface area contributed by atoms with Crippen molar-refractivity contribution >= 4 is 0 Å². The van der Waals surface area contributed by atoms with Crippen LogP contribution < -0.4 is 10.5 Å². The van der Waals surface area contributed by atoms with Gasteiger partial charge in [-0.15, -0.1) is 0 Å². The van der Waals surface area contributed by atoms with E-state index in [1.54, 1.807) is 6.92 Å². The summed E-state index contributed by atoms with van der Waals surface area (Å²) in [5.74, 6) is -0.367. The van der Waals surface area contributed by atoms with E-state index in [4.69, 9.17) is 10.5 Å². The second-order valence-corrected chi connectivity index (χ2v) is 4.04. The van der Waals surface area contributed by atoms with Crippen molar-refractivity contribution in [2.45, 2.75) is 32.4 Å². The van der Waals surface area contributed by atoms with Crippen LogP contribution in [0.5, 0.6) is 17.2 Å². The number of phenolic OH excluding ortho intramolecular Hbond substituents is 2. The molecule has 2 unspecified atom stereocenters. The third-order valence-corrected chi connectivity index (χ3v) is 2.36. The van der Waals surface area contributed by atoms with E-state index in [1.807, 2.05) is 6.92 Å². The minimum atomic E-state index is -0.938. The highest BCUT2D eigenvalue weighted by molar-refractivity contribution is 5.52. The first-order valence-corrected chi connectivity index (χ1v) is 5.59. The number of aliphatic hydroxyl groups excluding tert-OH is 1. The largest absolute Gasteiger partial charge is 0.504 e. The average molecular weight is 241 g/mol. The molecule has 0 amide bonds. The lowest BCUT2D eigenvalue weighted by Gasteiger charge is -2.17. The molecule has 5 N–H and O–H groups in total. The molecular formula is C12H19NO4. The maximum Gasteiger partial charge on any atom is 0.203 e. The minimum absolute atomic E-state index is 0.0347. The second-order valence-electron chi connectivity index (χ2n) is 4.04. The topological polar surface area (TPSA) is 95.9 Å². The van der Waals surface area contributed by atoms with Gasteiger partial charge < -0.3 is 25.8 Å². The predicted octanol–water partition coefficient (Wildman–Crippen LogP) is 1.27. The van der Waals surface area contributed by atoms with E-state index < -0.39 is 12.1 Å². The Labute approximate surface area is 100 Å². The van der Waals surface area contributed by atoms with Crippen molar-refractivity contribution in [1.82, 2.24) is 0 Å². The Bertz CT molecular complexity index is 356. The number of phenols is 2. The smallest absolute Gasteiger partial charge is 0.203 e. The molecule has 2 atom stereocenters. The summed E-state index contributed by atoms with van der Waals surface area (Å²) in [6.45, 7) is 3.96. The highest BCUT2D eigenvalue weighted by atomic mass is 16.5. The molecule has 0 fully saturated rings. The van der Waals surface area contributed by atoms with Crippen LogP contribution in [0.15, 0.2) is 12.1 Å². The first-order valence-electron chi connectivity index (χ1n) is 5.59. The molecule has 0 saturated carbocycles. The average Bonchev–Trinajstić information content (AvgIpc) is 2.26. The maximum atomic E-state index is 9.73. The Morgan fingerprint density at radius 3 is 2.24 bits per heavy atom. The van der Waals surface area contributed by atoms with Crippen molar-refractivity contribution < 1.29 is 20.1 Å². The van der Waals surface area contributed by atoms with Crippen LogP contribution in [-0.2, 0) is 0 Å². The maximum absolute atomic E-state index is 9.73. The molecule has 1 aromatic carbocycles. The molecule has 0 bridgehead atoms. The summed E-state index contributed by atoms with van der Waals surface area (Å²) in [7, 11) is 0. The molecule has 0 spiro atoms. The van der Waals surface area contributed by atoms with Gasteiger partial charge in [-0.25, -0.2) is 0 Å². The fraction of sp³-hybridized carbons (Fsp3) is 0.500. The number of ether oxygens (including phenoxy) is 1. The molecular weight excluding hydrogens is 222 g/mol. The van der Waals surface area contributed by atoms with Crippen LogP contribution in [0.25, 0.3) is 0 Å². The number of aromatic hydroxyl groups is 2. The molecule has 0 radical (unpaired) electrons. The van der Waals surface area contributed by atoms with E-state index in [2.05, 4.69) is 0 Å². The zero-order chi connectivity index (χ0) is 13.0. The van der Waals surface area contributed by atoms with Gasteiger partial charge in [-0.05, 0) is 31.0 Å². The zero-order valence-electron chi connectivity index (χ0n) is 10.1. The zero-order valence-corrected chi connectivity index (χ0v) is 10.1. The lowest BCUT2D eigenvalue weighted by atomic mass is 10.0. The van der Waals surface area contributed by atoms with E-state index in [0.29, 0.717) is 12.2 Å². The van der Waals surface area contributed by atoms with Crippen LogP contribution in [0.4, 0.5) is 0 Å². The number of hydrogen-bond donors (Lipinski definition) is 4. The lowest BCUT2D eigenvalue weighted by molar-refractivity contribution is 0.152. The molecule has 1 rings (SSSR count). The van der Waals surface area contributed by atoms with Crippen molar-refractivity contribution in [3.8, 4) is 17.2 Å². The summed E-state index contributed by atoms with van der Waals surface area (Å²) in [6.07, 6.45) is -0.171. The molecule has 0 aliphatic carbocycles. The van der Waals surface area contributed by atoms with Crippen molar-refractivity contribution in [2.24, 2.45) is 5.73 Å². The number of benzene rings is 1. The molecule has 5 heteroatoms. The van der Waals surface area contributed by atoms with E-state index in [9.17, 15) is 15.3 Å². The standard InChI is InChI=1S/C12H19NO4/c1-3-4-17-12-9(14)5-8(6-10(12)15)11(16)7(2)13/h5-7,11,14-16H,3-4,13H2,1-2H3. The number of rotatable bonds is 5. The Hall–Kier alpha value is -1.46. The summed E-state index contributed by atoms with van der Waals surface area (Å²) in [4.78, 5) is 0. The number of hydrogen-bond acceptors (Lipinski definition) is 5. The Morgan fingerprint density at radius 1 is 1.29 bits per heavy atom. The van der Waals surface area contributed by atoms with Crippen LogP contribution in [-0.4, -0.2) is 28.0 Å². The fourth-order valence-corrected chi connectivity index (χ4v) is 1.45. The van der Waals surface area contributed by atoms with Crippen LogP contribution in [0.1, 0.15) is 31.9 Å². The van der Waals surface area contributed by atoms with Crippen LogP contribution >= 0.6 is 0 Å². The van der Waals surface area contributed by atoms with Crippen LogP contribution in [0, 0.1) is 0 Å². The first kappa shape index (κ1) is 13.6. The summed E-state index contributed by atoms with van der Waals surface area (Å²) in [5, 5.41) is 29.1. The van der Waals surface area contributed by atoms with Crippen molar-refractivity contribution in [2.75, 3.05) is 6.61 Å². The lowest BCUT2D eigenvalue weighted by Crippen LogP contribution is -2.24. The summed E-state index contributed by atoms with van der Waals surface area (Å²) < 4.78 is 5.20. The minimum Gasteiger partial charge on any atom is -0.504 e. The summed E-state index contributed by atoms with van der Waals surface area (Å²) >= 11 is 0. The summed E-state index contributed by atoms with van der Waals surface area (Å²) in [5.41, 5.74) is 5.90. The van der Waals surface area contributed by atoms with Crippen molar-refractivity contribution in [3.63, 3.8) is 0 Å². The van der Waals surface area contributed by atoms with Gasteiger partial charge in [0.1, 0.15) is 0 Å². The molecule has 0 aliphatic heterocycles. The number of aliphatic hydroxyl groups is 1. The normalized spacial score (nSPS) is 14.4. The Kier molecular flexibility index (Phi) is 4.60. The quantitative estimate of drug-likeness (QED) is 0.622. The fourth-order valence-electron chi connectivity index (χ4n) is 1.45. The van der Waals surface area contributed by atoms with Gasteiger partial charge in [0.05, 0.1) is 12.7 Å². The van der Waals surface area contributed by atoms with Gasteiger partial charge in [-0.1, -0.05) is 6.92 Å². The SMILES string of the molecule is CCCOc1c(O)cc(C(O)C(C)N)cc1O. The third-order valence-electron chi connectivity index (χ3n) is 2.36. The van der Waals surface area contributed by atoms with Gasteiger partial charge in [0.2, 0.25) is 5.75 Å². The first-order chi connectivity index (χ1) is 7.97. The van der Waals surface area contributed by atoms with Crippen LogP contribution in [0.3, 0.4) is 0 Å². The second kappa shape index (κ2) is 5.75. The van der Waals surface area contributed by atoms with E-state index >= 15 is 0 Å². The molecule has 1 aromatic rings. The van der Waals surface area contributed by atoms with Crippen molar-refractivity contribution in [1.29, 1.82) is 0 Å². The Balaban J connectivity index is 3.00. The van der Waals surface area contributed by atoms with E-state index in [1.165, 1.54) is 12.1 Å².